The smallest absolute Gasteiger partial charge is 0.338 e. The molecular weight excluding hydrogens is 396 g/mol. The maximum atomic E-state index is 12.7. The quantitative estimate of drug-likeness (QED) is 0.738. The zero-order valence-electron chi connectivity index (χ0n) is 14.5. The van der Waals surface area contributed by atoms with E-state index in [0.717, 1.165) is 21.2 Å². The van der Waals surface area contributed by atoms with Crippen molar-refractivity contribution < 1.29 is 14.3 Å². The van der Waals surface area contributed by atoms with Crippen molar-refractivity contribution in [2.75, 3.05) is 0 Å². The molecule has 0 spiro atoms. The van der Waals surface area contributed by atoms with Gasteiger partial charge in [-0.05, 0) is 37.1 Å². The molecule has 26 heavy (non-hydrogen) atoms. The van der Waals surface area contributed by atoms with Crippen molar-refractivity contribution in [1.29, 1.82) is 0 Å². The first-order valence-electron chi connectivity index (χ1n) is 8.20. The number of carbonyl (C=O) groups excluding carboxylic acids is 2. The molecule has 0 fully saturated rings. The summed E-state index contributed by atoms with van der Waals surface area (Å²) in [5.74, 6) is -0.458. The Kier molecular flexibility index (Phi) is 5.42. The number of carbonyl (C=O) groups is 2. The van der Waals surface area contributed by atoms with Crippen LogP contribution in [0.2, 0.25) is 0 Å². The van der Waals surface area contributed by atoms with Crippen molar-refractivity contribution in [3.05, 3.63) is 81.0 Å². The number of halogens is 1. The lowest BCUT2D eigenvalue weighted by Crippen LogP contribution is -2.45. The molecule has 5 nitrogen and oxygen atoms in total. The number of hydrogen-bond acceptors (Lipinski definition) is 3. The van der Waals surface area contributed by atoms with Gasteiger partial charge < -0.3 is 15.4 Å². The zero-order chi connectivity index (χ0) is 18.7. The van der Waals surface area contributed by atoms with E-state index < -0.39 is 12.0 Å². The first-order valence-corrected chi connectivity index (χ1v) is 9.00. The van der Waals surface area contributed by atoms with Crippen LogP contribution in [0.15, 0.2) is 64.3 Å². The van der Waals surface area contributed by atoms with E-state index in [4.69, 9.17) is 4.74 Å². The normalized spacial score (nSPS) is 16.7. The van der Waals surface area contributed by atoms with Crippen molar-refractivity contribution in [3.63, 3.8) is 0 Å². The molecular formula is C20H19BrN2O3. The molecule has 1 atom stereocenters. The first-order chi connectivity index (χ1) is 12.4. The van der Waals surface area contributed by atoms with Gasteiger partial charge in [-0.1, -0.05) is 57.9 Å². The van der Waals surface area contributed by atoms with Gasteiger partial charge in [0.15, 0.2) is 0 Å². The standard InChI is InChI=1S/C20H19BrN2O3/c1-12-6-8-14(9-7-12)11-26-19(24)17-13(2)22-20(25)23-18(17)15-4-3-5-16(21)10-15/h3-10,18H,11H2,1-2H3,(H2,22,23,25)/t18-/m1/s1. The zero-order valence-corrected chi connectivity index (χ0v) is 16.1. The molecule has 2 N–H and O–H groups in total. The number of rotatable bonds is 4. The summed E-state index contributed by atoms with van der Waals surface area (Å²) in [6.45, 7) is 3.88. The average molecular weight is 415 g/mol. The molecule has 0 saturated heterocycles. The molecule has 1 aliphatic heterocycles. The van der Waals surface area contributed by atoms with Crippen LogP contribution in [-0.4, -0.2) is 12.0 Å². The van der Waals surface area contributed by atoms with Gasteiger partial charge in [-0.3, -0.25) is 0 Å². The van der Waals surface area contributed by atoms with Crippen LogP contribution < -0.4 is 10.6 Å². The van der Waals surface area contributed by atoms with Crippen molar-refractivity contribution in [3.8, 4) is 0 Å². The summed E-state index contributed by atoms with van der Waals surface area (Å²) < 4.78 is 6.36. The van der Waals surface area contributed by atoms with E-state index in [0.29, 0.717) is 11.3 Å². The van der Waals surface area contributed by atoms with E-state index in [9.17, 15) is 9.59 Å². The highest BCUT2D eigenvalue weighted by atomic mass is 79.9. The van der Waals surface area contributed by atoms with Gasteiger partial charge in [0.25, 0.3) is 0 Å². The van der Waals surface area contributed by atoms with Crippen LogP contribution in [0.4, 0.5) is 4.79 Å². The van der Waals surface area contributed by atoms with Crippen LogP contribution in [-0.2, 0) is 16.1 Å². The lowest BCUT2D eigenvalue weighted by atomic mass is 9.95. The molecule has 134 valence electrons. The number of hydrogen-bond donors (Lipinski definition) is 2. The summed E-state index contributed by atoms with van der Waals surface area (Å²) in [5.41, 5.74) is 3.75. The minimum atomic E-state index is -0.563. The SMILES string of the molecule is CC1=C(C(=O)OCc2ccc(C)cc2)[C@@H](c2cccc(Br)c2)NC(=O)N1. The predicted octanol–water partition coefficient (Wildman–Crippen LogP) is 4.13. The van der Waals surface area contributed by atoms with E-state index in [1.54, 1.807) is 6.92 Å². The highest BCUT2D eigenvalue weighted by molar-refractivity contribution is 9.10. The van der Waals surface area contributed by atoms with Crippen molar-refractivity contribution in [1.82, 2.24) is 10.6 Å². The lowest BCUT2D eigenvalue weighted by molar-refractivity contribution is -0.140. The minimum absolute atomic E-state index is 0.176. The third-order valence-corrected chi connectivity index (χ3v) is 4.65. The fourth-order valence-corrected chi connectivity index (χ4v) is 3.23. The number of nitrogens with one attached hydrogen (secondary N) is 2. The van der Waals surface area contributed by atoms with E-state index in [-0.39, 0.29) is 12.6 Å². The van der Waals surface area contributed by atoms with Crippen molar-refractivity contribution >= 4 is 27.9 Å². The third-order valence-electron chi connectivity index (χ3n) is 4.16. The second kappa shape index (κ2) is 7.74. The summed E-state index contributed by atoms with van der Waals surface area (Å²) in [5, 5.41) is 5.44. The number of aryl methyl sites for hydroxylation is 1. The van der Waals surface area contributed by atoms with Gasteiger partial charge >= 0.3 is 12.0 Å². The number of benzene rings is 2. The van der Waals surface area contributed by atoms with Crippen molar-refractivity contribution in [2.45, 2.75) is 26.5 Å². The molecule has 1 aliphatic rings. The van der Waals surface area contributed by atoms with Crippen molar-refractivity contribution in [2.24, 2.45) is 0 Å². The Bertz CT molecular complexity index is 875. The second-order valence-electron chi connectivity index (χ2n) is 6.19. The minimum Gasteiger partial charge on any atom is -0.457 e. The molecule has 0 aliphatic carbocycles. The molecule has 0 saturated carbocycles. The molecule has 0 unspecified atom stereocenters. The van der Waals surface area contributed by atoms with Crippen LogP contribution in [0.5, 0.6) is 0 Å². The molecule has 1 heterocycles. The van der Waals surface area contributed by atoms with Crippen LogP contribution >= 0.6 is 15.9 Å². The van der Waals surface area contributed by atoms with Gasteiger partial charge in [0.1, 0.15) is 6.61 Å². The molecule has 0 bridgehead atoms. The number of ether oxygens (including phenoxy) is 1. The molecule has 6 heteroatoms. The second-order valence-corrected chi connectivity index (χ2v) is 7.10. The molecule has 0 radical (unpaired) electrons. The molecule has 2 amide bonds. The van der Waals surface area contributed by atoms with E-state index in [2.05, 4.69) is 26.6 Å². The van der Waals surface area contributed by atoms with Crippen LogP contribution in [0, 0.1) is 6.92 Å². The summed E-state index contributed by atoms with van der Waals surface area (Å²) >= 11 is 3.42. The van der Waals surface area contributed by atoms with Crippen LogP contribution in [0.3, 0.4) is 0 Å². The topological polar surface area (TPSA) is 67.4 Å². The maximum absolute atomic E-state index is 12.7. The third kappa shape index (κ3) is 4.14. The largest absolute Gasteiger partial charge is 0.457 e. The summed E-state index contributed by atoms with van der Waals surface area (Å²) in [7, 11) is 0. The Morgan fingerprint density at radius 3 is 2.58 bits per heavy atom. The number of urea groups is 1. The monoisotopic (exact) mass is 414 g/mol. The van der Waals surface area contributed by atoms with Crippen LogP contribution in [0.1, 0.15) is 29.7 Å². The van der Waals surface area contributed by atoms with E-state index in [1.807, 2.05) is 55.5 Å². The fraction of sp³-hybridized carbons (Fsp3) is 0.200. The summed E-state index contributed by atoms with van der Waals surface area (Å²) in [4.78, 5) is 24.6. The Hall–Kier alpha value is -2.60. The number of allylic oxidation sites excluding steroid dienone is 1. The van der Waals surface area contributed by atoms with Gasteiger partial charge in [0.2, 0.25) is 0 Å². The summed E-state index contributed by atoms with van der Waals surface area (Å²) in [6, 6.07) is 14.4. The van der Waals surface area contributed by atoms with Gasteiger partial charge in [0, 0.05) is 10.2 Å². The van der Waals surface area contributed by atoms with E-state index >= 15 is 0 Å². The highest BCUT2D eigenvalue weighted by Crippen LogP contribution is 2.29. The fourth-order valence-electron chi connectivity index (χ4n) is 2.81. The Labute approximate surface area is 160 Å². The predicted molar refractivity (Wildman–Crippen MR) is 102 cm³/mol. The summed E-state index contributed by atoms with van der Waals surface area (Å²) in [6.07, 6.45) is 0. The lowest BCUT2D eigenvalue weighted by Gasteiger charge is -2.28. The highest BCUT2D eigenvalue weighted by Gasteiger charge is 2.32. The van der Waals surface area contributed by atoms with Gasteiger partial charge in [-0.25, -0.2) is 9.59 Å². The van der Waals surface area contributed by atoms with Gasteiger partial charge in [-0.2, -0.15) is 0 Å². The first kappa shape index (κ1) is 18.2. The molecule has 2 aromatic rings. The van der Waals surface area contributed by atoms with Crippen LogP contribution in [0.25, 0.3) is 0 Å². The molecule has 3 rings (SSSR count). The number of amides is 2. The Morgan fingerprint density at radius 2 is 1.88 bits per heavy atom. The number of esters is 1. The molecule has 2 aromatic carbocycles. The van der Waals surface area contributed by atoms with E-state index in [1.165, 1.54) is 0 Å². The average Bonchev–Trinajstić information content (AvgIpc) is 2.60. The van der Waals surface area contributed by atoms with Gasteiger partial charge in [-0.15, -0.1) is 0 Å². The Balaban J connectivity index is 1.83. The Morgan fingerprint density at radius 1 is 1.15 bits per heavy atom. The molecule has 0 aromatic heterocycles. The van der Waals surface area contributed by atoms with Gasteiger partial charge in [0.05, 0.1) is 11.6 Å². The maximum Gasteiger partial charge on any atom is 0.338 e.